The van der Waals surface area contributed by atoms with Crippen molar-refractivity contribution in [1.29, 1.82) is 0 Å². The lowest BCUT2D eigenvalue weighted by atomic mass is 10.1. The van der Waals surface area contributed by atoms with E-state index in [1.807, 2.05) is 13.0 Å². The minimum Gasteiger partial charge on any atom is -0.338 e. The smallest absolute Gasteiger partial charge is 0.320 e. The van der Waals surface area contributed by atoms with Crippen LogP contribution in [0.5, 0.6) is 0 Å². The Bertz CT molecular complexity index is 306. The first-order valence-corrected chi connectivity index (χ1v) is 4.73. The number of hydrogen-bond acceptors (Lipinski definition) is 2. The summed E-state index contributed by atoms with van der Waals surface area (Å²) in [7, 11) is 0. The summed E-state index contributed by atoms with van der Waals surface area (Å²) < 4.78 is 0. The fraction of sp³-hybridized carbons (Fsp3) is 0.556. The fourth-order valence-electron chi connectivity index (χ4n) is 1.02. The Morgan fingerprint density at radius 2 is 2.36 bits per heavy atom. The highest BCUT2D eigenvalue weighted by Crippen LogP contribution is 2.14. The van der Waals surface area contributed by atoms with E-state index < -0.39 is 0 Å². The SMILES string of the molecule is CCNC(=O)Nc1cc(C(C)C)[nH]n1. The molecule has 78 valence electrons. The van der Waals surface area contributed by atoms with Crippen molar-refractivity contribution in [3.63, 3.8) is 0 Å². The van der Waals surface area contributed by atoms with Gasteiger partial charge in [0.15, 0.2) is 5.82 Å². The van der Waals surface area contributed by atoms with Gasteiger partial charge in [0.05, 0.1) is 0 Å². The van der Waals surface area contributed by atoms with E-state index in [1.54, 1.807) is 0 Å². The zero-order chi connectivity index (χ0) is 10.6. The normalized spacial score (nSPS) is 10.3. The number of hydrogen-bond donors (Lipinski definition) is 3. The number of amides is 2. The largest absolute Gasteiger partial charge is 0.338 e. The van der Waals surface area contributed by atoms with Gasteiger partial charge in [-0.05, 0) is 12.8 Å². The molecule has 0 spiro atoms. The average Bonchev–Trinajstić information content (AvgIpc) is 2.53. The summed E-state index contributed by atoms with van der Waals surface area (Å²) in [5, 5.41) is 12.1. The van der Waals surface area contributed by atoms with Crippen molar-refractivity contribution in [2.75, 3.05) is 11.9 Å². The second-order valence-electron chi connectivity index (χ2n) is 3.35. The summed E-state index contributed by atoms with van der Waals surface area (Å²) in [5.41, 5.74) is 1.01. The number of aromatic nitrogens is 2. The molecule has 0 bridgehead atoms. The van der Waals surface area contributed by atoms with E-state index in [1.165, 1.54) is 0 Å². The molecular weight excluding hydrogens is 180 g/mol. The highest BCUT2D eigenvalue weighted by atomic mass is 16.2. The summed E-state index contributed by atoms with van der Waals surface area (Å²) in [6.45, 7) is 6.59. The van der Waals surface area contributed by atoms with Crippen LogP contribution in [-0.4, -0.2) is 22.8 Å². The molecule has 1 aromatic rings. The van der Waals surface area contributed by atoms with Crippen LogP contribution in [0.25, 0.3) is 0 Å². The van der Waals surface area contributed by atoms with E-state index in [0.717, 1.165) is 5.69 Å². The molecule has 1 heterocycles. The van der Waals surface area contributed by atoms with Gasteiger partial charge in [-0.1, -0.05) is 13.8 Å². The maximum Gasteiger partial charge on any atom is 0.320 e. The second-order valence-corrected chi connectivity index (χ2v) is 3.35. The quantitative estimate of drug-likeness (QED) is 0.688. The first-order valence-electron chi connectivity index (χ1n) is 4.73. The Morgan fingerprint density at radius 3 is 2.86 bits per heavy atom. The Labute approximate surface area is 83.3 Å². The molecule has 5 heteroatoms. The molecule has 1 aromatic heterocycles. The van der Waals surface area contributed by atoms with Crippen LogP contribution in [0, 0.1) is 0 Å². The highest BCUT2D eigenvalue weighted by molar-refractivity contribution is 5.88. The minimum atomic E-state index is -0.227. The van der Waals surface area contributed by atoms with Gasteiger partial charge in [0, 0.05) is 18.3 Å². The summed E-state index contributed by atoms with van der Waals surface area (Å²) in [4.78, 5) is 11.1. The minimum absolute atomic E-state index is 0.227. The first kappa shape index (κ1) is 10.6. The molecule has 0 aliphatic rings. The van der Waals surface area contributed by atoms with Crippen LogP contribution in [0.15, 0.2) is 6.07 Å². The van der Waals surface area contributed by atoms with Gasteiger partial charge in [-0.2, -0.15) is 5.10 Å². The third-order valence-corrected chi connectivity index (χ3v) is 1.80. The van der Waals surface area contributed by atoms with Crippen LogP contribution in [0.4, 0.5) is 10.6 Å². The molecule has 0 saturated carbocycles. The maximum absolute atomic E-state index is 11.1. The van der Waals surface area contributed by atoms with Gasteiger partial charge in [-0.3, -0.25) is 10.4 Å². The number of H-pyrrole nitrogens is 1. The van der Waals surface area contributed by atoms with E-state index in [-0.39, 0.29) is 6.03 Å². The molecule has 0 aliphatic carbocycles. The summed E-state index contributed by atoms with van der Waals surface area (Å²) in [6, 6.07) is 1.61. The molecule has 0 fully saturated rings. The van der Waals surface area contributed by atoms with Crippen LogP contribution in [0.1, 0.15) is 32.4 Å². The Hall–Kier alpha value is -1.52. The van der Waals surface area contributed by atoms with Crippen molar-refractivity contribution in [1.82, 2.24) is 15.5 Å². The average molecular weight is 196 g/mol. The number of nitrogens with one attached hydrogen (secondary N) is 3. The number of urea groups is 1. The number of carbonyl (C=O) groups excluding carboxylic acids is 1. The first-order chi connectivity index (χ1) is 6.63. The maximum atomic E-state index is 11.1. The van der Waals surface area contributed by atoms with Crippen molar-refractivity contribution >= 4 is 11.8 Å². The van der Waals surface area contributed by atoms with E-state index in [2.05, 4.69) is 34.7 Å². The van der Waals surface area contributed by atoms with Gasteiger partial charge in [0.1, 0.15) is 0 Å². The molecule has 3 N–H and O–H groups in total. The van der Waals surface area contributed by atoms with Crippen LogP contribution in [0.2, 0.25) is 0 Å². The van der Waals surface area contributed by atoms with E-state index in [9.17, 15) is 4.79 Å². The molecule has 0 aliphatic heterocycles. The fourth-order valence-corrected chi connectivity index (χ4v) is 1.02. The van der Waals surface area contributed by atoms with E-state index in [0.29, 0.717) is 18.3 Å². The van der Waals surface area contributed by atoms with E-state index in [4.69, 9.17) is 0 Å². The summed E-state index contributed by atoms with van der Waals surface area (Å²) in [6.07, 6.45) is 0. The summed E-state index contributed by atoms with van der Waals surface area (Å²) >= 11 is 0. The molecule has 0 unspecified atom stereocenters. The molecule has 14 heavy (non-hydrogen) atoms. The second kappa shape index (κ2) is 4.64. The van der Waals surface area contributed by atoms with Gasteiger partial charge < -0.3 is 5.32 Å². The third-order valence-electron chi connectivity index (χ3n) is 1.80. The van der Waals surface area contributed by atoms with Crippen molar-refractivity contribution < 1.29 is 4.79 Å². The molecule has 0 radical (unpaired) electrons. The molecule has 1 rings (SSSR count). The predicted octanol–water partition coefficient (Wildman–Crippen LogP) is 1.67. The van der Waals surface area contributed by atoms with Crippen LogP contribution in [0.3, 0.4) is 0 Å². The third kappa shape index (κ3) is 2.76. The predicted molar refractivity (Wildman–Crippen MR) is 55.4 cm³/mol. The molecular formula is C9H16N4O. The van der Waals surface area contributed by atoms with Crippen molar-refractivity contribution in [3.8, 4) is 0 Å². The van der Waals surface area contributed by atoms with Gasteiger partial charge in [-0.25, -0.2) is 4.79 Å². The number of carbonyl (C=O) groups is 1. The monoisotopic (exact) mass is 196 g/mol. The van der Waals surface area contributed by atoms with Gasteiger partial charge in [0.25, 0.3) is 0 Å². The Kier molecular flexibility index (Phi) is 3.50. The number of anilines is 1. The zero-order valence-corrected chi connectivity index (χ0v) is 8.72. The zero-order valence-electron chi connectivity index (χ0n) is 8.72. The lowest BCUT2D eigenvalue weighted by Crippen LogP contribution is -2.28. The van der Waals surface area contributed by atoms with E-state index >= 15 is 0 Å². The topological polar surface area (TPSA) is 69.8 Å². The van der Waals surface area contributed by atoms with Crippen molar-refractivity contribution in [2.24, 2.45) is 0 Å². The molecule has 0 saturated heterocycles. The lowest BCUT2D eigenvalue weighted by Gasteiger charge is -2.01. The Morgan fingerprint density at radius 1 is 1.64 bits per heavy atom. The van der Waals surface area contributed by atoms with Crippen molar-refractivity contribution in [3.05, 3.63) is 11.8 Å². The van der Waals surface area contributed by atoms with Crippen LogP contribution < -0.4 is 10.6 Å². The van der Waals surface area contributed by atoms with Gasteiger partial charge in [-0.15, -0.1) is 0 Å². The lowest BCUT2D eigenvalue weighted by molar-refractivity contribution is 0.252. The molecule has 0 atom stereocenters. The Balaban J connectivity index is 2.55. The number of aromatic amines is 1. The molecule has 2 amide bonds. The molecule has 5 nitrogen and oxygen atoms in total. The number of nitrogens with zero attached hydrogens (tertiary/aromatic N) is 1. The highest BCUT2D eigenvalue weighted by Gasteiger charge is 2.06. The van der Waals surface area contributed by atoms with Gasteiger partial charge in [0.2, 0.25) is 0 Å². The van der Waals surface area contributed by atoms with Crippen LogP contribution in [-0.2, 0) is 0 Å². The molecule has 0 aromatic carbocycles. The number of rotatable bonds is 3. The standard InChI is InChI=1S/C9H16N4O/c1-4-10-9(14)11-8-5-7(6(2)3)12-13-8/h5-6H,4H2,1-3H3,(H3,10,11,12,13,14). The van der Waals surface area contributed by atoms with Crippen LogP contribution >= 0.6 is 0 Å². The van der Waals surface area contributed by atoms with Crippen molar-refractivity contribution in [2.45, 2.75) is 26.7 Å². The van der Waals surface area contributed by atoms with Gasteiger partial charge >= 0.3 is 6.03 Å². The summed E-state index contributed by atoms with van der Waals surface area (Å²) in [5.74, 6) is 0.937.